The zero-order chi connectivity index (χ0) is 23.1. The Kier molecular flexibility index (Phi) is 5.74. The lowest BCUT2D eigenvalue weighted by Crippen LogP contribution is -2.32. The summed E-state index contributed by atoms with van der Waals surface area (Å²) in [4.78, 5) is 27.9. The average Bonchev–Trinajstić information content (AvgIpc) is 2.97. The van der Waals surface area contributed by atoms with Crippen LogP contribution in [0, 0.1) is 5.41 Å². The number of aliphatic hydroxyl groups is 1. The predicted molar refractivity (Wildman–Crippen MR) is 122 cm³/mol. The van der Waals surface area contributed by atoms with Gasteiger partial charge in [-0.15, -0.1) is 0 Å². The molecule has 3 rings (SSSR count). The molecule has 0 spiro atoms. The monoisotopic (exact) mass is 421 g/mol. The van der Waals surface area contributed by atoms with E-state index in [1.807, 2.05) is 24.3 Å². The molecule has 1 heterocycles. The van der Waals surface area contributed by atoms with E-state index in [-0.39, 0.29) is 16.8 Å². The van der Waals surface area contributed by atoms with Gasteiger partial charge in [0.15, 0.2) is 11.5 Å². The van der Waals surface area contributed by atoms with Crippen LogP contribution in [0.25, 0.3) is 0 Å². The number of carbonyl (C=O) groups is 2. The number of Topliss-reactive ketones (excluding diaryl/α,β-unsaturated/α-hetero) is 1. The Balaban J connectivity index is 2.16. The molecule has 0 fully saturated rings. The van der Waals surface area contributed by atoms with Gasteiger partial charge in [-0.05, 0) is 40.8 Å². The molecule has 0 saturated carbocycles. The molecular formula is C26H31NO4. The summed E-state index contributed by atoms with van der Waals surface area (Å²) in [5.41, 5.74) is 1.86. The van der Waals surface area contributed by atoms with Crippen molar-refractivity contribution < 1.29 is 19.4 Å². The maximum absolute atomic E-state index is 13.3. The first-order valence-electron chi connectivity index (χ1n) is 10.4. The summed E-state index contributed by atoms with van der Waals surface area (Å²) in [6, 6.07) is 14.2. The summed E-state index contributed by atoms with van der Waals surface area (Å²) in [6.07, 6.45) is 0. The number of carbonyl (C=O) groups excluding carboxylic acids is 2. The third-order valence-electron chi connectivity index (χ3n) is 5.58. The fraction of sp³-hybridized carbons (Fsp3) is 0.385. The second-order valence-corrected chi connectivity index (χ2v) is 9.99. The van der Waals surface area contributed by atoms with E-state index in [1.165, 1.54) is 4.90 Å². The molecule has 1 N–H and O–H groups in total. The third-order valence-corrected chi connectivity index (χ3v) is 5.58. The van der Waals surface area contributed by atoms with Gasteiger partial charge in [0.1, 0.15) is 5.75 Å². The van der Waals surface area contributed by atoms with Crippen LogP contribution in [0.4, 0.5) is 5.69 Å². The fourth-order valence-corrected chi connectivity index (χ4v) is 3.73. The van der Waals surface area contributed by atoms with Crippen LogP contribution < -0.4 is 9.64 Å². The van der Waals surface area contributed by atoms with Crippen molar-refractivity contribution in [3.8, 4) is 5.75 Å². The number of hydrogen-bond donors (Lipinski definition) is 1. The van der Waals surface area contributed by atoms with Gasteiger partial charge in [-0.25, -0.2) is 0 Å². The lowest BCUT2D eigenvalue weighted by molar-refractivity contribution is -0.123. The Morgan fingerprint density at radius 2 is 1.48 bits per heavy atom. The van der Waals surface area contributed by atoms with Gasteiger partial charge in [0, 0.05) is 11.1 Å². The highest BCUT2D eigenvalue weighted by atomic mass is 16.5. The van der Waals surface area contributed by atoms with Crippen LogP contribution in [0.3, 0.4) is 0 Å². The Morgan fingerprint density at radius 3 is 1.94 bits per heavy atom. The van der Waals surface area contributed by atoms with E-state index < -0.39 is 23.1 Å². The van der Waals surface area contributed by atoms with E-state index in [0.717, 1.165) is 11.1 Å². The zero-order valence-electron chi connectivity index (χ0n) is 19.3. The van der Waals surface area contributed by atoms with Gasteiger partial charge >= 0.3 is 0 Å². The lowest BCUT2D eigenvalue weighted by Gasteiger charge is -2.29. The number of nitrogens with zero attached hydrogens (tertiary/aromatic N) is 1. The van der Waals surface area contributed by atoms with Gasteiger partial charge in [-0.1, -0.05) is 65.8 Å². The van der Waals surface area contributed by atoms with Gasteiger partial charge < -0.3 is 9.84 Å². The molecule has 2 aromatic rings. The third kappa shape index (κ3) is 4.22. The van der Waals surface area contributed by atoms with Gasteiger partial charge in [0.05, 0.1) is 18.7 Å². The van der Waals surface area contributed by atoms with Crippen molar-refractivity contribution in [1.82, 2.24) is 0 Å². The minimum atomic E-state index is -0.747. The van der Waals surface area contributed by atoms with Crippen molar-refractivity contribution in [1.29, 1.82) is 0 Å². The van der Waals surface area contributed by atoms with Crippen LogP contribution in [-0.4, -0.2) is 23.9 Å². The summed E-state index contributed by atoms with van der Waals surface area (Å²) >= 11 is 0. The van der Waals surface area contributed by atoms with Crippen molar-refractivity contribution in [3.05, 3.63) is 71.0 Å². The molecule has 5 nitrogen and oxygen atoms in total. The van der Waals surface area contributed by atoms with Crippen LogP contribution in [0.2, 0.25) is 0 Å². The molecule has 1 unspecified atom stereocenters. The van der Waals surface area contributed by atoms with Gasteiger partial charge in [0.2, 0.25) is 0 Å². The summed E-state index contributed by atoms with van der Waals surface area (Å²) in [7, 11) is 1.57. The number of ketones is 1. The first-order chi connectivity index (χ1) is 14.4. The van der Waals surface area contributed by atoms with E-state index in [9.17, 15) is 14.7 Å². The van der Waals surface area contributed by atoms with Crippen LogP contribution in [0.5, 0.6) is 5.75 Å². The van der Waals surface area contributed by atoms with Crippen LogP contribution in [-0.2, 0) is 15.0 Å². The summed E-state index contributed by atoms with van der Waals surface area (Å²) in [5.74, 6) is -0.660. The van der Waals surface area contributed by atoms with Crippen molar-refractivity contribution in [2.75, 3.05) is 12.0 Å². The molecule has 164 valence electrons. The SMILES string of the molecule is COc1ccc(N2C(=O)C(O)=C(C(=O)C(C)(C)C)C2c2ccc(C(C)(C)C)cc2)cc1. The van der Waals surface area contributed by atoms with E-state index in [4.69, 9.17) is 4.74 Å². The molecular weight excluding hydrogens is 390 g/mol. The number of methoxy groups -OCH3 is 1. The van der Waals surface area contributed by atoms with Crippen molar-refractivity contribution in [2.24, 2.45) is 5.41 Å². The number of aliphatic hydroxyl groups excluding tert-OH is 1. The molecule has 0 aromatic heterocycles. The predicted octanol–water partition coefficient (Wildman–Crippen LogP) is 5.51. The Hall–Kier alpha value is -3.08. The smallest absolute Gasteiger partial charge is 0.294 e. The van der Waals surface area contributed by atoms with Gasteiger partial charge in [0.25, 0.3) is 5.91 Å². The molecule has 1 aliphatic heterocycles. The maximum Gasteiger partial charge on any atom is 0.294 e. The number of benzene rings is 2. The quantitative estimate of drug-likeness (QED) is 0.707. The summed E-state index contributed by atoms with van der Waals surface area (Å²) < 4.78 is 5.22. The molecule has 2 aromatic carbocycles. The number of amides is 1. The van der Waals surface area contributed by atoms with E-state index in [2.05, 4.69) is 20.8 Å². The molecule has 0 bridgehead atoms. The average molecular weight is 422 g/mol. The molecule has 5 heteroatoms. The van der Waals surface area contributed by atoms with E-state index in [1.54, 1.807) is 52.1 Å². The van der Waals surface area contributed by atoms with Gasteiger partial charge in [-0.3, -0.25) is 14.5 Å². The first kappa shape index (κ1) is 22.6. The number of anilines is 1. The molecule has 1 atom stereocenters. The molecule has 1 aliphatic rings. The van der Waals surface area contributed by atoms with Crippen LogP contribution in [0.1, 0.15) is 58.7 Å². The van der Waals surface area contributed by atoms with Gasteiger partial charge in [-0.2, -0.15) is 0 Å². The fourth-order valence-electron chi connectivity index (χ4n) is 3.73. The second-order valence-electron chi connectivity index (χ2n) is 9.99. The Bertz CT molecular complexity index is 1020. The Morgan fingerprint density at radius 1 is 0.935 bits per heavy atom. The first-order valence-corrected chi connectivity index (χ1v) is 10.4. The van der Waals surface area contributed by atoms with Crippen molar-refractivity contribution >= 4 is 17.4 Å². The topological polar surface area (TPSA) is 66.8 Å². The highest BCUT2D eigenvalue weighted by Gasteiger charge is 2.46. The largest absolute Gasteiger partial charge is 0.503 e. The standard InChI is InChI=1S/C26H31NO4/c1-25(2,3)17-10-8-16(9-11-17)21-20(23(29)26(4,5)6)22(28)24(30)27(21)18-12-14-19(31-7)15-13-18/h8-15,21,28H,1-7H3. The highest BCUT2D eigenvalue weighted by molar-refractivity contribution is 6.17. The minimum absolute atomic E-state index is 0.0261. The van der Waals surface area contributed by atoms with Crippen LogP contribution in [0.15, 0.2) is 59.9 Å². The number of ether oxygens (including phenoxy) is 1. The Labute approximate surface area is 184 Å². The summed E-state index contributed by atoms with van der Waals surface area (Å²) in [6.45, 7) is 11.8. The maximum atomic E-state index is 13.3. The normalized spacial score (nSPS) is 17.3. The van der Waals surface area contributed by atoms with Crippen molar-refractivity contribution in [2.45, 2.75) is 53.0 Å². The minimum Gasteiger partial charge on any atom is -0.503 e. The molecule has 0 saturated heterocycles. The molecule has 31 heavy (non-hydrogen) atoms. The second kappa shape index (κ2) is 7.88. The summed E-state index contributed by atoms with van der Waals surface area (Å²) in [5, 5.41) is 10.8. The van der Waals surface area contributed by atoms with Crippen LogP contribution >= 0.6 is 0 Å². The molecule has 1 amide bonds. The lowest BCUT2D eigenvalue weighted by atomic mass is 9.81. The molecule has 0 aliphatic carbocycles. The molecule has 0 radical (unpaired) electrons. The highest BCUT2D eigenvalue weighted by Crippen LogP contribution is 2.44. The van der Waals surface area contributed by atoms with E-state index in [0.29, 0.717) is 11.4 Å². The number of rotatable bonds is 4. The van der Waals surface area contributed by atoms with Crippen molar-refractivity contribution in [3.63, 3.8) is 0 Å². The van der Waals surface area contributed by atoms with E-state index >= 15 is 0 Å². The number of hydrogen-bond acceptors (Lipinski definition) is 4. The zero-order valence-corrected chi connectivity index (χ0v) is 19.3.